The van der Waals surface area contributed by atoms with E-state index < -0.39 is 53.1 Å². The highest BCUT2D eigenvalue weighted by Crippen LogP contribution is 2.43. The highest BCUT2D eigenvalue weighted by Gasteiger charge is 2.40. The van der Waals surface area contributed by atoms with Gasteiger partial charge < -0.3 is 4.74 Å². The van der Waals surface area contributed by atoms with Crippen LogP contribution in [0.15, 0.2) is 4.90 Å². The van der Waals surface area contributed by atoms with E-state index in [4.69, 9.17) is 39.4 Å². The van der Waals surface area contributed by atoms with Gasteiger partial charge in [0.15, 0.2) is 0 Å². The highest BCUT2D eigenvalue weighted by molar-refractivity contribution is 7.86. The first-order valence-corrected chi connectivity index (χ1v) is 6.68. The summed E-state index contributed by atoms with van der Waals surface area (Å²) in [6.45, 7) is 0. The summed E-state index contributed by atoms with van der Waals surface area (Å²) in [5, 5.41) is -1.90. The van der Waals surface area contributed by atoms with E-state index in [1.54, 1.807) is 0 Å². The molecular formula is C8HCl3O6S. The molecule has 0 spiro atoms. The summed E-state index contributed by atoms with van der Waals surface area (Å²) >= 11 is 16.9. The number of ether oxygens (including phenoxy) is 1. The second-order valence-corrected chi connectivity index (χ2v) is 5.67. The van der Waals surface area contributed by atoms with Crippen molar-refractivity contribution in [3.63, 3.8) is 0 Å². The summed E-state index contributed by atoms with van der Waals surface area (Å²) in [7, 11) is -4.82. The van der Waals surface area contributed by atoms with Crippen molar-refractivity contribution in [3.05, 3.63) is 26.2 Å². The third-order valence-electron chi connectivity index (χ3n) is 2.13. The van der Waals surface area contributed by atoms with Crippen molar-refractivity contribution >= 4 is 56.9 Å². The van der Waals surface area contributed by atoms with Gasteiger partial charge >= 0.3 is 11.9 Å². The SMILES string of the molecule is O=C1OC(=O)c2c(Cl)c(S(=O)(=O)O)c(Cl)c(Cl)c21. The Kier molecular flexibility index (Phi) is 3.07. The molecule has 96 valence electrons. The first-order chi connectivity index (χ1) is 8.16. The van der Waals surface area contributed by atoms with Crippen molar-refractivity contribution in [2.45, 2.75) is 4.90 Å². The van der Waals surface area contributed by atoms with Gasteiger partial charge in [0.2, 0.25) is 0 Å². The molecule has 1 aliphatic heterocycles. The van der Waals surface area contributed by atoms with Gasteiger partial charge in [-0.25, -0.2) is 9.59 Å². The average molecular weight is 332 g/mol. The molecule has 0 fully saturated rings. The lowest BCUT2D eigenvalue weighted by Crippen LogP contribution is -2.06. The Bertz CT molecular complexity index is 708. The Morgan fingerprint density at radius 2 is 1.33 bits per heavy atom. The Morgan fingerprint density at radius 1 is 0.889 bits per heavy atom. The largest absolute Gasteiger partial charge is 0.386 e. The zero-order valence-electron chi connectivity index (χ0n) is 8.03. The van der Waals surface area contributed by atoms with Crippen LogP contribution in [0.5, 0.6) is 0 Å². The number of carbonyl (C=O) groups is 2. The number of rotatable bonds is 1. The fraction of sp³-hybridized carbons (Fsp3) is 0. The predicted octanol–water partition coefficient (Wildman–Crippen LogP) is 2.20. The van der Waals surface area contributed by atoms with Gasteiger partial charge in [-0.15, -0.1) is 0 Å². The second kappa shape index (κ2) is 4.07. The van der Waals surface area contributed by atoms with Crippen molar-refractivity contribution in [1.29, 1.82) is 0 Å². The third-order valence-corrected chi connectivity index (χ3v) is 4.51. The van der Waals surface area contributed by atoms with Gasteiger partial charge in [0.25, 0.3) is 10.1 Å². The molecule has 0 aliphatic carbocycles. The Labute approximate surface area is 115 Å². The van der Waals surface area contributed by atoms with Gasteiger partial charge in [0, 0.05) is 0 Å². The molecule has 0 radical (unpaired) electrons. The van der Waals surface area contributed by atoms with Crippen LogP contribution in [0.2, 0.25) is 15.1 Å². The van der Waals surface area contributed by atoms with Gasteiger partial charge in [-0.3, -0.25) is 4.55 Å². The number of hydrogen-bond acceptors (Lipinski definition) is 5. The monoisotopic (exact) mass is 330 g/mol. The number of esters is 2. The lowest BCUT2D eigenvalue weighted by molar-refractivity contribution is 0.0444. The minimum Gasteiger partial charge on any atom is -0.386 e. The van der Waals surface area contributed by atoms with Crippen LogP contribution in [0.3, 0.4) is 0 Å². The maximum Gasteiger partial charge on any atom is 0.348 e. The van der Waals surface area contributed by atoms with Crippen LogP contribution in [-0.2, 0) is 14.9 Å². The first kappa shape index (κ1) is 13.6. The van der Waals surface area contributed by atoms with Crippen molar-refractivity contribution in [2.24, 2.45) is 0 Å². The minimum absolute atomic E-state index is 0.427. The Morgan fingerprint density at radius 3 is 1.78 bits per heavy atom. The molecule has 1 aromatic rings. The van der Waals surface area contributed by atoms with Gasteiger partial charge in [-0.05, 0) is 0 Å². The molecule has 0 saturated carbocycles. The van der Waals surface area contributed by atoms with Crippen molar-refractivity contribution in [3.8, 4) is 0 Å². The molecule has 2 rings (SSSR count). The quantitative estimate of drug-likeness (QED) is 0.367. The summed E-state index contributed by atoms with van der Waals surface area (Å²) in [6.07, 6.45) is 0. The van der Waals surface area contributed by atoms with Crippen LogP contribution in [0.4, 0.5) is 0 Å². The zero-order valence-corrected chi connectivity index (χ0v) is 11.1. The molecular weight excluding hydrogens is 331 g/mol. The van der Waals surface area contributed by atoms with Crippen LogP contribution >= 0.6 is 34.8 Å². The van der Waals surface area contributed by atoms with E-state index in [0.29, 0.717) is 0 Å². The van der Waals surface area contributed by atoms with Crippen molar-refractivity contribution < 1.29 is 27.3 Å². The van der Waals surface area contributed by atoms with E-state index in [1.807, 2.05) is 0 Å². The second-order valence-electron chi connectivity index (χ2n) is 3.17. The van der Waals surface area contributed by atoms with E-state index in [9.17, 15) is 18.0 Å². The molecule has 1 heterocycles. The fourth-order valence-corrected chi connectivity index (χ4v) is 3.50. The number of hydrogen-bond donors (Lipinski definition) is 1. The van der Waals surface area contributed by atoms with Gasteiger partial charge in [-0.1, -0.05) is 34.8 Å². The molecule has 0 bridgehead atoms. The molecule has 10 heteroatoms. The summed E-state index contributed by atoms with van der Waals surface area (Å²) in [6, 6.07) is 0. The molecule has 1 N–H and O–H groups in total. The van der Waals surface area contributed by atoms with Crippen LogP contribution < -0.4 is 0 Å². The van der Waals surface area contributed by atoms with Gasteiger partial charge in [0.1, 0.15) is 4.90 Å². The normalized spacial score (nSPS) is 14.7. The van der Waals surface area contributed by atoms with E-state index in [2.05, 4.69) is 4.74 Å². The third kappa shape index (κ3) is 1.79. The maximum absolute atomic E-state index is 11.3. The first-order valence-electron chi connectivity index (χ1n) is 4.10. The topological polar surface area (TPSA) is 97.7 Å². The van der Waals surface area contributed by atoms with Gasteiger partial charge in [-0.2, -0.15) is 8.42 Å². The Balaban J connectivity index is 3.01. The molecule has 0 atom stereocenters. The molecule has 0 unspecified atom stereocenters. The maximum atomic E-state index is 11.3. The summed E-state index contributed by atoms with van der Waals surface area (Å²) in [5.41, 5.74) is -0.965. The molecule has 1 aliphatic rings. The number of fused-ring (bicyclic) bond motifs is 1. The number of carbonyl (C=O) groups excluding carboxylic acids is 2. The minimum atomic E-state index is -4.82. The smallest absolute Gasteiger partial charge is 0.348 e. The van der Waals surface area contributed by atoms with Crippen molar-refractivity contribution in [2.75, 3.05) is 0 Å². The Hall–Kier alpha value is -0.860. The van der Waals surface area contributed by atoms with Crippen molar-refractivity contribution in [1.82, 2.24) is 0 Å². The lowest BCUT2D eigenvalue weighted by Gasteiger charge is -2.08. The number of benzene rings is 1. The molecule has 18 heavy (non-hydrogen) atoms. The van der Waals surface area contributed by atoms with E-state index in [1.165, 1.54) is 0 Å². The molecule has 1 aromatic carbocycles. The number of halogens is 3. The van der Waals surface area contributed by atoms with E-state index >= 15 is 0 Å². The fourth-order valence-electron chi connectivity index (χ4n) is 1.43. The molecule has 0 aromatic heterocycles. The zero-order chi connectivity index (χ0) is 13.8. The summed E-state index contributed by atoms with van der Waals surface area (Å²) in [4.78, 5) is 21.7. The highest BCUT2D eigenvalue weighted by atomic mass is 35.5. The molecule has 0 saturated heterocycles. The average Bonchev–Trinajstić information content (AvgIpc) is 2.49. The van der Waals surface area contributed by atoms with Crippen LogP contribution in [-0.4, -0.2) is 24.9 Å². The van der Waals surface area contributed by atoms with Gasteiger partial charge in [0.05, 0.1) is 26.2 Å². The predicted molar refractivity (Wildman–Crippen MR) is 61.0 cm³/mol. The number of cyclic esters (lactones) is 2. The lowest BCUT2D eigenvalue weighted by atomic mass is 10.1. The van der Waals surface area contributed by atoms with E-state index in [0.717, 1.165) is 0 Å². The molecule has 6 nitrogen and oxygen atoms in total. The van der Waals surface area contributed by atoms with Crippen LogP contribution in [0, 0.1) is 0 Å². The summed E-state index contributed by atoms with van der Waals surface area (Å²) in [5.74, 6) is -2.26. The standard InChI is InChI=1S/C8HCl3O6S/c9-3-1-2(8(13)17-7(1)12)4(10)6(5(3)11)18(14,15)16/h(H,14,15,16). The van der Waals surface area contributed by atoms with E-state index in [-0.39, 0.29) is 0 Å². The van der Waals surface area contributed by atoms with Crippen LogP contribution in [0.25, 0.3) is 0 Å². The summed E-state index contributed by atoms with van der Waals surface area (Å²) < 4.78 is 35.4. The molecule has 0 amide bonds. The van der Waals surface area contributed by atoms with Crippen LogP contribution in [0.1, 0.15) is 20.7 Å².